The topological polar surface area (TPSA) is 35.5 Å². The maximum atomic E-state index is 10.5. The fraction of sp³-hybridized carbons (Fsp3) is 0.900. The van der Waals surface area contributed by atoms with Crippen molar-refractivity contribution in [3.63, 3.8) is 0 Å². The molecule has 0 aromatic carbocycles. The van der Waals surface area contributed by atoms with Gasteiger partial charge < -0.3 is 14.3 Å². The van der Waals surface area contributed by atoms with Crippen LogP contribution in [0.4, 0.5) is 0 Å². The lowest BCUT2D eigenvalue weighted by molar-refractivity contribution is -0.288. The first kappa shape index (κ1) is 10.7. The van der Waals surface area contributed by atoms with Crippen LogP contribution in [-0.4, -0.2) is 25.3 Å². The minimum Gasteiger partial charge on any atom is -0.352 e. The van der Waals surface area contributed by atoms with Crippen molar-refractivity contribution >= 4 is 6.29 Å². The van der Waals surface area contributed by atoms with E-state index in [1.54, 1.807) is 7.11 Å². The molecule has 0 spiro atoms. The molecule has 0 bridgehead atoms. The lowest BCUT2D eigenvalue weighted by Crippen LogP contribution is -2.47. The van der Waals surface area contributed by atoms with Crippen LogP contribution in [0.2, 0.25) is 0 Å². The number of aldehydes is 1. The van der Waals surface area contributed by atoms with Gasteiger partial charge in [0.1, 0.15) is 6.29 Å². The second kappa shape index (κ2) is 4.20. The minimum absolute atomic E-state index is 0.191. The molecule has 3 atom stereocenters. The Kier molecular flexibility index (Phi) is 3.45. The number of hydrogen-bond donors (Lipinski definition) is 0. The summed E-state index contributed by atoms with van der Waals surface area (Å²) in [5.74, 6) is -0.377. The molecular weight excluding hydrogens is 168 g/mol. The summed E-state index contributed by atoms with van der Waals surface area (Å²) < 4.78 is 11.1. The average molecular weight is 186 g/mol. The van der Waals surface area contributed by atoms with Gasteiger partial charge in [0, 0.05) is 13.0 Å². The van der Waals surface area contributed by atoms with Crippen molar-refractivity contribution in [3.05, 3.63) is 0 Å². The summed E-state index contributed by atoms with van der Waals surface area (Å²) in [6.45, 7) is 4.09. The molecule has 1 fully saturated rings. The van der Waals surface area contributed by atoms with E-state index < -0.39 is 5.79 Å². The van der Waals surface area contributed by atoms with Crippen LogP contribution in [0, 0.1) is 5.92 Å². The summed E-state index contributed by atoms with van der Waals surface area (Å²) in [5, 5.41) is 0. The lowest BCUT2D eigenvalue weighted by atomic mass is 9.88. The zero-order valence-electron chi connectivity index (χ0n) is 8.58. The predicted octanol–water partition coefficient (Wildman–Crippen LogP) is 1.75. The molecule has 0 saturated carbocycles. The van der Waals surface area contributed by atoms with Gasteiger partial charge in [0.05, 0.1) is 12.5 Å². The van der Waals surface area contributed by atoms with Crippen LogP contribution >= 0.6 is 0 Å². The van der Waals surface area contributed by atoms with Crippen molar-refractivity contribution in [2.24, 2.45) is 5.92 Å². The van der Waals surface area contributed by atoms with E-state index in [2.05, 4.69) is 6.92 Å². The maximum absolute atomic E-state index is 10.5. The third-order valence-electron chi connectivity index (χ3n) is 2.87. The van der Waals surface area contributed by atoms with Gasteiger partial charge in [0.25, 0.3) is 0 Å². The SMILES string of the molecule is COC1(CC=O)OC(C)CCC1C. The highest BCUT2D eigenvalue weighted by molar-refractivity contribution is 5.51. The minimum atomic E-state index is -0.667. The zero-order valence-corrected chi connectivity index (χ0v) is 8.58. The van der Waals surface area contributed by atoms with E-state index in [0.29, 0.717) is 12.3 Å². The average Bonchev–Trinajstić information content (AvgIpc) is 2.12. The molecule has 0 aromatic rings. The second-order valence-corrected chi connectivity index (χ2v) is 3.79. The second-order valence-electron chi connectivity index (χ2n) is 3.79. The Morgan fingerprint density at radius 1 is 1.54 bits per heavy atom. The van der Waals surface area contributed by atoms with E-state index in [0.717, 1.165) is 19.1 Å². The lowest BCUT2D eigenvalue weighted by Gasteiger charge is -2.42. The Morgan fingerprint density at radius 2 is 2.23 bits per heavy atom. The molecule has 1 rings (SSSR count). The van der Waals surface area contributed by atoms with Crippen LogP contribution in [0.5, 0.6) is 0 Å². The van der Waals surface area contributed by atoms with Crippen molar-refractivity contribution < 1.29 is 14.3 Å². The molecule has 3 heteroatoms. The van der Waals surface area contributed by atoms with Crippen molar-refractivity contribution in [1.29, 1.82) is 0 Å². The van der Waals surface area contributed by atoms with Crippen LogP contribution in [-0.2, 0) is 14.3 Å². The van der Waals surface area contributed by atoms with E-state index in [-0.39, 0.29) is 6.10 Å². The molecule has 1 saturated heterocycles. The number of carbonyl (C=O) groups excluding carboxylic acids is 1. The third kappa shape index (κ3) is 2.09. The molecule has 76 valence electrons. The van der Waals surface area contributed by atoms with Crippen LogP contribution in [0.1, 0.15) is 33.1 Å². The largest absolute Gasteiger partial charge is 0.352 e. The highest BCUT2D eigenvalue weighted by Gasteiger charge is 2.41. The smallest absolute Gasteiger partial charge is 0.177 e. The molecule has 1 aliphatic rings. The highest BCUT2D eigenvalue weighted by atomic mass is 16.7. The van der Waals surface area contributed by atoms with Crippen LogP contribution in [0.3, 0.4) is 0 Å². The fourth-order valence-electron chi connectivity index (χ4n) is 1.92. The summed E-state index contributed by atoms with van der Waals surface area (Å²) in [4.78, 5) is 10.5. The van der Waals surface area contributed by atoms with Gasteiger partial charge in [-0.1, -0.05) is 6.92 Å². The Hall–Kier alpha value is -0.410. The first-order valence-electron chi connectivity index (χ1n) is 4.81. The van der Waals surface area contributed by atoms with Gasteiger partial charge in [-0.25, -0.2) is 0 Å². The Labute approximate surface area is 79.4 Å². The predicted molar refractivity (Wildman–Crippen MR) is 49.4 cm³/mol. The molecule has 1 aliphatic heterocycles. The molecule has 0 radical (unpaired) electrons. The van der Waals surface area contributed by atoms with Crippen LogP contribution in [0.25, 0.3) is 0 Å². The van der Waals surface area contributed by atoms with Gasteiger partial charge in [-0.05, 0) is 19.8 Å². The van der Waals surface area contributed by atoms with Gasteiger partial charge >= 0.3 is 0 Å². The molecule has 0 aromatic heterocycles. The molecule has 0 aliphatic carbocycles. The first-order chi connectivity index (χ1) is 6.14. The molecule has 13 heavy (non-hydrogen) atoms. The normalized spacial score (nSPS) is 40.2. The van der Waals surface area contributed by atoms with Gasteiger partial charge in [-0.15, -0.1) is 0 Å². The summed E-state index contributed by atoms with van der Waals surface area (Å²) in [5.41, 5.74) is 0. The van der Waals surface area contributed by atoms with E-state index in [1.165, 1.54) is 0 Å². The summed E-state index contributed by atoms with van der Waals surface area (Å²) in [6.07, 6.45) is 3.50. The number of hydrogen-bond acceptors (Lipinski definition) is 3. The first-order valence-corrected chi connectivity index (χ1v) is 4.81. The molecule has 1 heterocycles. The van der Waals surface area contributed by atoms with E-state index in [1.807, 2.05) is 6.92 Å². The van der Waals surface area contributed by atoms with Crippen LogP contribution < -0.4 is 0 Å². The number of ether oxygens (including phenoxy) is 2. The van der Waals surface area contributed by atoms with Gasteiger partial charge in [0.15, 0.2) is 5.79 Å². The molecule has 0 amide bonds. The van der Waals surface area contributed by atoms with E-state index in [4.69, 9.17) is 9.47 Å². The van der Waals surface area contributed by atoms with Crippen LogP contribution in [0.15, 0.2) is 0 Å². The molecule has 0 N–H and O–H groups in total. The third-order valence-corrected chi connectivity index (χ3v) is 2.87. The fourth-order valence-corrected chi connectivity index (χ4v) is 1.92. The van der Waals surface area contributed by atoms with Crippen molar-refractivity contribution in [1.82, 2.24) is 0 Å². The Morgan fingerprint density at radius 3 is 2.77 bits per heavy atom. The van der Waals surface area contributed by atoms with Gasteiger partial charge in [-0.2, -0.15) is 0 Å². The maximum Gasteiger partial charge on any atom is 0.177 e. The number of methoxy groups -OCH3 is 1. The summed E-state index contributed by atoms with van der Waals surface area (Å²) in [7, 11) is 1.61. The Balaban J connectivity index is 2.73. The van der Waals surface area contributed by atoms with Gasteiger partial charge in [0.2, 0.25) is 0 Å². The number of carbonyl (C=O) groups is 1. The van der Waals surface area contributed by atoms with Gasteiger partial charge in [-0.3, -0.25) is 0 Å². The molecular formula is C10H18O3. The molecule has 3 unspecified atom stereocenters. The summed E-state index contributed by atoms with van der Waals surface area (Å²) in [6, 6.07) is 0. The van der Waals surface area contributed by atoms with E-state index >= 15 is 0 Å². The highest BCUT2D eigenvalue weighted by Crippen LogP contribution is 2.36. The van der Waals surface area contributed by atoms with Crippen molar-refractivity contribution in [2.45, 2.75) is 45.0 Å². The monoisotopic (exact) mass is 186 g/mol. The van der Waals surface area contributed by atoms with E-state index in [9.17, 15) is 4.79 Å². The standard InChI is InChI=1S/C10H18O3/c1-8-4-5-9(2)13-10(8,12-3)6-7-11/h7-9H,4-6H2,1-3H3. The Bertz CT molecular complexity index is 181. The molecule has 3 nitrogen and oxygen atoms in total. The zero-order chi connectivity index (χ0) is 9.90. The quantitative estimate of drug-likeness (QED) is 0.630. The van der Waals surface area contributed by atoms with Crippen molar-refractivity contribution in [3.8, 4) is 0 Å². The number of rotatable bonds is 3. The van der Waals surface area contributed by atoms with Crippen molar-refractivity contribution in [2.75, 3.05) is 7.11 Å². The summed E-state index contributed by atoms with van der Waals surface area (Å²) >= 11 is 0.